The summed E-state index contributed by atoms with van der Waals surface area (Å²) < 4.78 is 5.18. The smallest absolute Gasteiger partial charge is 0.168 e. The summed E-state index contributed by atoms with van der Waals surface area (Å²) in [5.41, 5.74) is 1.74. The molecule has 0 saturated carbocycles. The van der Waals surface area contributed by atoms with Crippen LogP contribution in [-0.4, -0.2) is 12.2 Å². The molecule has 0 spiro atoms. The number of halogens is 1. The van der Waals surface area contributed by atoms with Gasteiger partial charge in [0.1, 0.15) is 0 Å². The minimum absolute atomic E-state index is 0.125. The van der Waals surface area contributed by atoms with Crippen LogP contribution < -0.4 is 4.74 Å². The Morgan fingerprint density at radius 2 is 1.88 bits per heavy atom. The fraction of sp³-hybridized carbons (Fsp3) is 0.0769. The maximum Gasteiger partial charge on any atom is 0.168 e. The number of hydrogen-bond acceptors (Lipinski definition) is 2. The zero-order valence-electron chi connectivity index (χ0n) is 8.77. The maximum absolute atomic E-state index is 9.66. The van der Waals surface area contributed by atoms with Crippen molar-refractivity contribution in [2.75, 3.05) is 7.11 Å². The van der Waals surface area contributed by atoms with E-state index in [0.717, 1.165) is 11.1 Å². The monoisotopic (exact) mass is 234 g/mol. The Bertz CT molecular complexity index is 509. The molecule has 0 amide bonds. The molecule has 0 aliphatic carbocycles. The third-order valence-electron chi connectivity index (χ3n) is 2.33. The molecule has 0 aliphatic heterocycles. The molecule has 2 rings (SSSR count). The highest BCUT2D eigenvalue weighted by Crippen LogP contribution is 2.37. The molecule has 0 saturated heterocycles. The predicted molar refractivity (Wildman–Crippen MR) is 65.1 cm³/mol. The van der Waals surface area contributed by atoms with Crippen molar-refractivity contribution in [1.82, 2.24) is 0 Å². The lowest BCUT2D eigenvalue weighted by atomic mass is 10.0. The van der Waals surface area contributed by atoms with Crippen molar-refractivity contribution in [3.05, 3.63) is 47.5 Å². The number of aromatic hydroxyl groups is 1. The summed E-state index contributed by atoms with van der Waals surface area (Å²) in [7, 11) is 1.53. The molecule has 0 radical (unpaired) electrons. The fourth-order valence-electron chi connectivity index (χ4n) is 1.62. The van der Waals surface area contributed by atoms with Crippen molar-refractivity contribution in [2.24, 2.45) is 0 Å². The number of hydrogen-bond donors (Lipinski definition) is 1. The van der Waals surface area contributed by atoms with Gasteiger partial charge in [0.05, 0.1) is 7.11 Å². The summed E-state index contributed by atoms with van der Waals surface area (Å²) in [5.74, 6) is 0.588. The Kier molecular flexibility index (Phi) is 3.02. The van der Waals surface area contributed by atoms with Gasteiger partial charge in [-0.2, -0.15) is 0 Å². The second-order valence-corrected chi connectivity index (χ2v) is 3.80. The Morgan fingerprint density at radius 3 is 2.56 bits per heavy atom. The van der Waals surface area contributed by atoms with Crippen molar-refractivity contribution < 1.29 is 9.84 Å². The molecule has 0 aliphatic rings. The van der Waals surface area contributed by atoms with E-state index in [4.69, 9.17) is 16.3 Å². The summed E-state index contributed by atoms with van der Waals surface area (Å²) in [4.78, 5) is 0. The molecular weight excluding hydrogens is 224 g/mol. The van der Waals surface area contributed by atoms with Crippen LogP contribution in [0.3, 0.4) is 0 Å². The van der Waals surface area contributed by atoms with Gasteiger partial charge in [-0.1, -0.05) is 35.9 Å². The fourth-order valence-corrected chi connectivity index (χ4v) is 1.81. The van der Waals surface area contributed by atoms with Gasteiger partial charge in [-0.05, 0) is 23.8 Å². The lowest BCUT2D eigenvalue weighted by Crippen LogP contribution is -1.88. The predicted octanol–water partition coefficient (Wildman–Crippen LogP) is 3.72. The molecule has 2 nitrogen and oxygen atoms in total. The van der Waals surface area contributed by atoms with Gasteiger partial charge in [-0.15, -0.1) is 0 Å². The molecule has 3 heteroatoms. The molecule has 2 aromatic carbocycles. The highest BCUT2D eigenvalue weighted by atomic mass is 35.5. The summed E-state index contributed by atoms with van der Waals surface area (Å²) in [6.07, 6.45) is 0. The molecule has 0 aromatic heterocycles. The first kappa shape index (κ1) is 10.8. The molecule has 0 atom stereocenters. The van der Waals surface area contributed by atoms with Crippen LogP contribution in [0.15, 0.2) is 42.5 Å². The summed E-state index contributed by atoms with van der Waals surface area (Å²) in [5, 5.41) is 10.3. The Morgan fingerprint density at radius 1 is 1.12 bits per heavy atom. The van der Waals surface area contributed by atoms with E-state index in [1.54, 1.807) is 18.2 Å². The lowest BCUT2D eigenvalue weighted by Gasteiger charge is -2.10. The van der Waals surface area contributed by atoms with Gasteiger partial charge in [0.2, 0.25) is 0 Å². The molecule has 0 fully saturated rings. The van der Waals surface area contributed by atoms with E-state index in [2.05, 4.69) is 0 Å². The minimum atomic E-state index is 0.125. The first-order chi connectivity index (χ1) is 7.72. The quantitative estimate of drug-likeness (QED) is 0.858. The third-order valence-corrected chi connectivity index (χ3v) is 2.57. The van der Waals surface area contributed by atoms with Crippen molar-refractivity contribution in [1.29, 1.82) is 0 Å². The molecule has 0 unspecified atom stereocenters. The zero-order valence-corrected chi connectivity index (χ0v) is 9.53. The summed E-state index contributed by atoms with van der Waals surface area (Å²) in [6.45, 7) is 0. The first-order valence-electron chi connectivity index (χ1n) is 4.84. The van der Waals surface area contributed by atoms with Crippen molar-refractivity contribution in [3.8, 4) is 22.6 Å². The van der Waals surface area contributed by atoms with Crippen LogP contribution in [0.5, 0.6) is 11.5 Å². The van der Waals surface area contributed by atoms with Crippen molar-refractivity contribution in [2.45, 2.75) is 0 Å². The molecule has 0 heterocycles. The average Bonchev–Trinajstić information content (AvgIpc) is 2.28. The van der Waals surface area contributed by atoms with Crippen LogP contribution in [0.2, 0.25) is 5.02 Å². The van der Waals surface area contributed by atoms with Crippen LogP contribution in [0.25, 0.3) is 11.1 Å². The maximum atomic E-state index is 9.66. The Labute approximate surface area is 99.1 Å². The normalized spacial score (nSPS) is 10.1. The highest BCUT2D eigenvalue weighted by molar-refractivity contribution is 6.30. The van der Waals surface area contributed by atoms with Crippen LogP contribution in [-0.2, 0) is 0 Å². The van der Waals surface area contributed by atoms with Gasteiger partial charge in [-0.3, -0.25) is 0 Å². The SMILES string of the molecule is COc1c(O)cccc1-c1cccc(Cl)c1. The van der Waals surface area contributed by atoms with Crippen LogP contribution >= 0.6 is 11.6 Å². The van der Waals surface area contributed by atoms with Gasteiger partial charge in [0.25, 0.3) is 0 Å². The van der Waals surface area contributed by atoms with Gasteiger partial charge < -0.3 is 9.84 Å². The van der Waals surface area contributed by atoms with Gasteiger partial charge in [0, 0.05) is 10.6 Å². The molecular formula is C13H11ClO2. The molecule has 82 valence electrons. The molecule has 1 N–H and O–H groups in total. The topological polar surface area (TPSA) is 29.5 Å². The second kappa shape index (κ2) is 4.45. The highest BCUT2D eigenvalue weighted by Gasteiger charge is 2.09. The van der Waals surface area contributed by atoms with E-state index in [9.17, 15) is 5.11 Å². The summed E-state index contributed by atoms with van der Waals surface area (Å²) >= 11 is 5.93. The molecule has 2 aromatic rings. The van der Waals surface area contributed by atoms with E-state index in [-0.39, 0.29) is 5.75 Å². The summed E-state index contributed by atoms with van der Waals surface area (Å²) in [6, 6.07) is 12.7. The van der Waals surface area contributed by atoms with Crippen LogP contribution in [0.4, 0.5) is 0 Å². The van der Waals surface area contributed by atoms with Gasteiger partial charge in [0.15, 0.2) is 11.5 Å². The van der Waals surface area contributed by atoms with Gasteiger partial charge in [-0.25, -0.2) is 0 Å². The van der Waals surface area contributed by atoms with E-state index in [1.165, 1.54) is 7.11 Å². The second-order valence-electron chi connectivity index (χ2n) is 3.37. The van der Waals surface area contributed by atoms with Gasteiger partial charge >= 0.3 is 0 Å². The number of benzene rings is 2. The molecule has 16 heavy (non-hydrogen) atoms. The lowest BCUT2D eigenvalue weighted by molar-refractivity contribution is 0.375. The van der Waals surface area contributed by atoms with Crippen molar-refractivity contribution >= 4 is 11.6 Å². The van der Waals surface area contributed by atoms with Crippen LogP contribution in [0, 0.1) is 0 Å². The average molecular weight is 235 g/mol. The van der Waals surface area contributed by atoms with E-state index >= 15 is 0 Å². The zero-order chi connectivity index (χ0) is 11.5. The number of para-hydroxylation sites is 1. The number of methoxy groups -OCH3 is 1. The van der Waals surface area contributed by atoms with E-state index in [1.807, 2.05) is 24.3 Å². The largest absolute Gasteiger partial charge is 0.504 e. The Hall–Kier alpha value is -1.67. The first-order valence-corrected chi connectivity index (χ1v) is 5.22. The third kappa shape index (κ3) is 1.97. The number of phenols is 1. The van der Waals surface area contributed by atoms with E-state index < -0.39 is 0 Å². The molecule has 0 bridgehead atoms. The van der Waals surface area contributed by atoms with E-state index in [0.29, 0.717) is 10.8 Å². The minimum Gasteiger partial charge on any atom is -0.504 e. The number of phenolic OH excluding ortho intramolecular Hbond substituents is 1. The number of ether oxygens (including phenoxy) is 1. The standard InChI is InChI=1S/C13H11ClO2/c1-16-13-11(6-3-7-12(13)15)9-4-2-5-10(14)8-9/h2-8,15H,1H3. The Balaban J connectivity index is 2.60. The van der Waals surface area contributed by atoms with Crippen LogP contribution in [0.1, 0.15) is 0 Å². The number of rotatable bonds is 2. The van der Waals surface area contributed by atoms with Crippen molar-refractivity contribution in [3.63, 3.8) is 0 Å².